The lowest BCUT2D eigenvalue weighted by Crippen LogP contribution is -2.42. The van der Waals surface area contributed by atoms with Gasteiger partial charge in [-0.25, -0.2) is 4.79 Å². The summed E-state index contributed by atoms with van der Waals surface area (Å²) >= 11 is 3.41. The van der Waals surface area contributed by atoms with Crippen LogP contribution in [0, 0.1) is 0 Å². The van der Waals surface area contributed by atoms with E-state index in [1.165, 1.54) is 0 Å². The zero-order valence-electron chi connectivity index (χ0n) is 11.9. The van der Waals surface area contributed by atoms with E-state index in [9.17, 15) is 14.7 Å². The molecule has 0 aliphatic rings. The lowest BCUT2D eigenvalue weighted by molar-refractivity contribution is -0.141. The molecule has 1 atom stereocenters. The van der Waals surface area contributed by atoms with Crippen LogP contribution in [0.2, 0.25) is 0 Å². The number of carbonyl (C=O) groups excluding carboxylic acids is 1. The Balaban J connectivity index is 2.16. The zero-order chi connectivity index (χ0) is 16.1. The molecule has 0 radical (unpaired) electrons. The second-order valence-corrected chi connectivity index (χ2v) is 5.91. The van der Waals surface area contributed by atoms with Crippen LogP contribution in [0.3, 0.4) is 0 Å². The van der Waals surface area contributed by atoms with E-state index in [-0.39, 0.29) is 18.7 Å². The first kappa shape index (κ1) is 16.3. The normalized spacial score (nSPS) is 12.0. The van der Waals surface area contributed by atoms with Crippen molar-refractivity contribution in [3.63, 3.8) is 0 Å². The molecule has 22 heavy (non-hydrogen) atoms. The fraction of sp³-hybridized carbons (Fsp3) is 0.250. The molecule has 1 heterocycles. The number of amides is 1. The van der Waals surface area contributed by atoms with Gasteiger partial charge in [0.15, 0.2) is 0 Å². The number of carboxylic acids is 1. The average molecular weight is 365 g/mol. The van der Waals surface area contributed by atoms with Crippen LogP contribution < -0.4 is 5.32 Å². The Morgan fingerprint density at radius 1 is 1.45 bits per heavy atom. The minimum absolute atomic E-state index is 0.228. The van der Waals surface area contributed by atoms with Crippen molar-refractivity contribution < 1.29 is 14.7 Å². The van der Waals surface area contributed by atoms with Gasteiger partial charge >= 0.3 is 5.97 Å². The molecule has 0 fully saturated rings. The van der Waals surface area contributed by atoms with Gasteiger partial charge in [0.05, 0.1) is 0 Å². The van der Waals surface area contributed by atoms with Gasteiger partial charge in [-0.05, 0) is 30.2 Å². The number of nitrogens with one attached hydrogen (secondary N) is 2. The molecule has 0 aliphatic heterocycles. The van der Waals surface area contributed by atoms with E-state index in [1.807, 2.05) is 18.2 Å². The molecule has 5 nitrogen and oxygen atoms in total. The summed E-state index contributed by atoms with van der Waals surface area (Å²) in [6, 6.07) is 4.81. The third-order valence-corrected chi connectivity index (χ3v) is 3.86. The van der Waals surface area contributed by atoms with Crippen molar-refractivity contribution in [2.75, 3.05) is 0 Å². The highest BCUT2D eigenvalue weighted by Gasteiger charge is 2.21. The largest absolute Gasteiger partial charge is 0.480 e. The maximum atomic E-state index is 11.7. The van der Waals surface area contributed by atoms with Crippen molar-refractivity contribution in [1.82, 2.24) is 10.3 Å². The van der Waals surface area contributed by atoms with Crippen molar-refractivity contribution in [3.05, 3.63) is 47.1 Å². The summed E-state index contributed by atoms with van der Waals surface area (Å²) in [7, 11) is 0. The Morgan fingerprint density at radius 2 is 2.23 bits per heavy atom. The number of fused-ring (bicyclic) bond motifs is 1. The summed E-state index contributed by atoms with van der Waals surface area (Å²) in [6.45, 7) is 3.55. The Bertz CT molecular complexity index is 708. The first-order valence-corrected chi connectivity index (χ1v) is 7.69. The van der Waals surface area contributed by atoms with E-state index >= 15 is 0 Å². The van der Waals surface area contributed by atoms with Crippen LogP contribution in [-0.4, -0.2) is 28.0 Å². The van der Waals surface area contributed by atoms with Crippen LogP contribution >= 0.6 is 15.9 Å². The average Bonchev–Trinajstić information content (AvgIpc) is 2.86. The Labute approximate surface area is 136 Å². The molecule has 0 spiro atoms. The standard InChI is InChI=1S/C16H17BrN2O3/c1-2-3-4-15(20)19-14(16(21)22)7-10-9-18-13-6-5-11(17)8-12(10)13/h2,5-6,8-9,14,18H,1,3-4,7H2,(H,19,20)(H,21,22). The number of allylic oxidation sites excluding steroid dienone is 1. The number of carbonyl (C=O) groups is 2. The van der Waals surface area contributed by atoms with Crippen LogP contribution in [0.5, 0.6) is 0 Å². The predicted molar refractivity (Wildman–Crippen MR) is 88.7 cm³/mol. The van der Waals surface area contributed by atoms with Crippen LogP contribution in [0.25, 0.3) is 10.9 Å². The van der Waals surface area contributed by atoms with E-state index in [0.717, 1.165) is 20.9 Å². The summed E-state index contributed by atoms with van der Waals surface area (Å²) in [5, 5.41) is 12.8. The van der Waals surface area contributed by atoms with E-state index in [2.05, 4.69) is 32.8 Å². The van der Waals surface area contributed by atoms with Gasteiger partial charge < -0.3 is 15.4 Å². The Hall–Kier alpha value is -2.08. The molecule has 1 aromatic heterocycles. The molecular formula is C16H17BrN2O3. The van der Waals surface area contributed by atoms with Crippen LogP contribution in [-0.2, 0) is 16.0 Å². The highest BCUT2D eigenvalue weighted by Crippen LogP contribution is 2.23. The van der Waals surface area contributed by atoms with Crippen LogP contribution in [0.15, 0.2) is 41.5 Å². The first-order valence-electron chi connectivity index (χ1n) is 6.90. The highest BCUT2D eigenvalue weighted by atomic mass is 79.9. The van der Waals surface area contributed by atoms with Gasteiger partial charge in [0.25, 0.3) is 0 Å². The number of H-pyrrole nitrogens is 1. The minimum atomic E-state index is -1.05. The molecule has 1 amide bonds. The lowest BCUT2D eigenvalue weighted by atomic mass is 10.0. The fourth-order valence-corrected chi connectivity index (χ4v) is 2.60. The third-order valence-electron chi connectivity index (χ3n) is 3.36. The molecule has 0 aliphatic carbocycles. The van der Waals surface area contributed by atoms with Crippen molar-refractivity contribution >= 4 is 38.7 Å². The van der Waals surface area contributed by atoms with Gasteiger partial charge in [-0.2, -0.15) is 0 Å². The quantitative estimate of drug-likeness (QED) is 0.660. The van der Waals surface area contributed by atoms with Gasteiger partial charge in [-0.3, -0.25) is 4.79 Å². The maximum absolute atomic E-state index is 11.7. The molecule has 0 bridgehead atoms. The number of halogens is 1. The number of hydrogen-bond donors (Lipinski definition) is 3. The van der Waals surface area contributed by atoms with E-state index in [1.54, 1.807) is 12.3 Å². The molecule has 2 aromatic rings. The van der Waals surface area contributed by atoms with Gasteiger partial charge in [-0.15, -0.1) is 6.58 Å². The molecule has 0 saturated heterocycles. The molecule has 116 valence electrons. The van der Waals surface area contributed by atoms with Gasteiger partial charge in [-0.1, -0.05) is 22.0 Å². The monoisotopic (exact) mass is 364 g/mol. The van der Waals surface area contributed by atoms with E-state index in [4.69, 9.17) is 0 Å². The van der Waals surface area contributed by atoms with Crippen molar-refractivity contribution in [2.24, 2.45) is 0 Å². The summed E-state index contributed by atoms with van der Waals surface area (Å²) in [5.41, 5.74) is 1.79. The zero-order valence-corrected chi connectivity index (χ0v) is 13.5. The summed E-state index contributed by atoms with van der Waals surface area (Å²) < 4.78 is 0.919. The van der Waals surface area contributed by atoms with Crippen LogP contribution in [0.4, 0.5) is 0 Å². The fourth-order valence-electron chi connectivity index (χ4n) is 2.24. The van der Waals surface area contributed by atoms with E-state index in [0.29, 0.717) is 6.42 Å². The first-order chi connectivity index (χ1) is 10.5. The molecule has 3 N–H and O–H groups in total. The van der Waals surface area contributed by atoms with Crippen molar-refractivity contribution in [2.45, 2.75) is 25.3 Å². The number of aliphatic carboxylic acids is 1. The number of hydrogen-bond acceptors (Lipinski definition) is 2. The number of aromatic amines is 1. The smallest absolute Gasteiger partial charge is 0.326 e. The second kappa shape index (κ2) is 7.26. The lowest BCUT2D eigenvalue weighted by Gasteiger charge is -2.14. The summed E-state index contributed by atoms with van der Waals surface area (Å²) in [5.74, 6) is -1.33. The number of carboxylic acid groups (broad SMARTS) is 1. The minimum Gasteiger partial charge on any atom is -0.480 e. The molecule has 1 unspecified atom stereocenters. The Kier molecular flexibility index (Phi) is 5.38. The SMILES string of the molecule is C=CCCC(=O)NC(Cc1c[nH]c2ccc(Br)cc12)C(=O)O. The van der Waals surface area contributed by atoms with Gasteiger partial charge in [0, 0.05) is 34.4 Å². The summed E-state index contributed by atoms with van der Waals surface area (Å²) in [4.78, 5) is 26.2. The van der Waals surface area contributed by atoms with Crippen LogP contribution in [0.1, 0.15) is 18.4 Å². The topological polar surface area (TPSA) is 82.2 Å². The molecule has 2 rings (SSSR count). The summed E-state index contributed by atoms with van der Waals surface area (Å²) in [6.07, 6.45) is 4.41. The van der Waals surface area contributed by atoms with Crippen molar-refractivity contribution in [1.29, 1.82) is 0 Å². The third kappa shape index (κ3) is 3.98. The highest BCUT2D eigenvalue weighted by molar-refractivity contribution is 9.10. The Morgan fingerprint density at radius 3 is 2.91 bits per heavy atom. The van der Waals surface area contributed by atoms with Gasteiger partial charge in [0.2, 0.25) is 5.91 Å². The number of aromatic nitrogens is 1. The number of benzene rings is 1. The van der Waals surface area contributed by atoms with Gasteiger partial charge in [0.1, 0.15) is 6.04 Å². The van der Waals surface area contributed by atoms with Crippen molar-refractivity contribution in [3.8, 4) is 0 Å². The predicted octanol–water partition coefficient (Wildman–Crippen LogP) is 3.01. The van der Waals surface area contributed by atoms with E-state index < -0.39 is 12.0 Å². The maximum Gasteiger partial charge on any atom is 0.326 e. The molecular weight excluding hydrogens is 348 g/mol. The molecule has 0 saturated carbocycles. The second-order valence-electron chi connectivity index (χ2n) is 4.99. The molecule has 1 aromatic carbocycles. The molecule has 6 heteroatoms. The number of rotatable bonds is 7.